The van der Waals surface area contributed by atoms with Gasteiger partial charge in [-0.15, -0.1) is 0 Å². The molecule has 33 heavy (non-hydrogen) atoms. The van der Waals surface area contributed by atoms with Gasteiger partial charge in [-0.2, -0.15) is 0 Å². The molecule has 182 valence electrons. The predicted octanol–water partition coefficient (Wildman–Crippen LogP) is 0.373. The van der Waals surface area contributed by atoms with E-state index in [9.17, 15) is 29.4 Å². The molecule has 0 bridgehead atoms. The number of phenols is 1. The summed E-state index contributed by atoms with van der Waals surface area (Å²) in [5.41, 5.74) is 6.63. The van der Waals surface area contributed by atoms with E-state index in [2.05, 4.69) is 10.6 Å². The molecule has 10 nitrogen and oxygen atoms in total. The second-order valence-corrected chi connectivity index (χ2v) is 8.93. The Morgan fingerprint density at radius 1 is 1.12 bits per heavy atom. The van der Waals surface area contributed by atoms with Crippen LogP contribution in [0.25, 0.3) is 0 Å². The summed E-state index contributed by atoms with van der Waals surface area (Å²) in [5, 5.41) is 23.9. The monoisotopic (exact) mass is 462 g/mol. The minimum atomic E-state index is -1.22. The molecule has 0 aromatic heterocycles. The van der Waals surface area contributed by atoms with Crippen molar-refractivity contribution in [1.29, 1.82) is 0 Å². The first-order valence-electron chi connectivity index (χ1n) is 11.2. The van der Waals surface area contributed by atoms with E-state index in [1.165, 1.54) is 24.0 Å². The fraction of sp³-hybridized carbons (Fsp3) is 0.565. The van der Waals surface area contributed by atoms with Crippen molar-refractivity contribution in [1.82, 2.24) is 15.5 Å². The minimum Gasteiger partial charge on any atom is -0.508 e. The number of rotatable bonds is 10. The smallest absolute Gasteiger partial charge is 0.326 e. The number of phenolic OH excluding ortho intramolecular Hbond substituents is 1. The Hall–Kier alpha value is -3.14. The van der Waals surface area contributed by atoms with Crippen molar-refractivity contribution >= 4 is 23.7 Å². The maximum atomic E-state index is 12.8. The van der Waals surface area contributed by atoms with E-state index in [4.69, 9.17) is 5.73 Å². The highest BCUT2D eigenvalue weighted by Gasteiger charge is 2.37. The number of carboxylic acid groups (broad SMARTS) is 1. The molecular formula is C23H34N4O6. The molecule has 10 heteroatoms. The summed E-state index contributed by atoms with van der Waals surface area (Å²) in [5.74, 6) is -2.32. The molecule has 3 amide bonds. The molecule has 2 rings (SSSR count). The van der Waals surface area contributed by atoms with Gasteiger partial charge in [-0.3, -0.25) is 14.4 Å². The zero-order valence-corrected chi connectivity index (χ0v) is 19.3. The Labute approximate surface area is 193 Å². The second-order valence-electron chi connectivity index (χ2n) is 8.93. The number of nitrogens with two attached hydrogens (primary N) is 1. The van der Waals surface area contributed by atoms with Gasteiger partial charge in [-0.1, -0.05) is 26.0 Å². The van der Waals surface area contributed by atoms with Crippen LogP contribution in [0, 0.1) is 5.92 Å². The van der Waals surface area contributed by atoms with Crippen LogP contribution in [0.2, 0.25) is 0 Å². The summed E-state index contributed by atoms with van der Waals surface area (Å²) in [6.45, 7) is 5.82. The minimum absolute atomic E-state index is 0.0145. The predicted molar refractivity (Wildman–Crippen MR) is 121 cm³/mol. The molecular weight excluding hydrogens is 428 g/mol. The van der Waals surface area contributed by atoms with E-state index in [0.29, 0.717) is 31.4 Å². The maximum Gasteiger partial charge on any atom is 0.326 e. The third-order valence-electron chi connectivity index (χ3n) is 5.62. The molecule has 1 fully saturated rings. The summed E-state index contributed by atoms with van der Waals surface area (Å²) < 4.78 is 0. The number of carbonyl (C=O) groups excluding carboxylic acids is 3. The van der Waals surface area contributed by atoms with Gasteiger partial charge in [0.15, 0.2) is 0 Å². The number of hydrogen-bond acceptors (Lipinski definition) is 6. The molecule has 6 N–H and O–H groups in total. The lowest BCUT2D eigenvalue weighted by molar-refractivity contribution is -0.143. The van der Waals surface area contributed by atoms with Crippen molar-refractivity contribution in [2.45, 2.75) is 70.6 Å². The molecule has 1 aliphatic rings. The number of benzene rings is 1. The summed E-state index contributed by atoms with van der Waals surface area (Å²) in [6, 6.07) is 2.40. The number of amides is 3. The zero-order valence-electron chi connectivity index (χ0n) is 19.3. The molecule has 1 aromatic carbocycles. The van der Waals surface area contributed by atoms with Gasteiger partial charge in [0.25, 0.3) is 0 Å². The number of carboxylic acids is 1. The lowest BCUT2D eigenvalue weighted by Crippen LogP contribution is -2.56. The number of likely N-dealkylation sites (tertiary alicyclic amines) is 1. The summed E-state index contributed by atoms with van der Waals surface area (Å²) in [4.78, 5) is 51.1. The molecule has 0 aliphatic carbocycles. The van der Waals surface area contributed by atoms with Crippen molar-refractivity contribution in [3.8, 4) is 5.75 Å². The van der Waals surface area contributed by atoms with Crippen molar-refractivity contribution in [3.63, 3.8) is 0 Å². The fourth-order valence-electron chi connectivity index (χ4n) is 3.86. The van der Waals surface area contributed by atoms with Gasteiger partial charge in [0, 0.05) is 13.0 Å². The molecule has 1 saturated heterocycles. The highest BCUT2D eigenvalue weighted by Crippen LogP contribution is 2.20. The first-order valence-corrected chi connectivity index (χ1v) is 11.2. The topological polar surface area (TPSA) is 162 Å². The van der Waals surface area contributed by atoms with Crippen LogP contribution in [-0.4, -0.2) is 69.5 Å². The quantitative estimate of drug-likeness (QED) is 0.335. The molecule has 4 atom stereocenters. The van der Waals surface area contributed by atoms with Gasteiger partial charge in [0.2, 0.25) is 17.7 Å². The highest BCUT2D eigenvalue weighted by molar-refractivity contribution is 5.94. The van der Waals surface area contributed by atoms with Crippen LogP contribution in [0.15, 0.2) is 24.3 Å². The third kappa shape index (κ3) is 7.45. The number of nitrogens with one attached hydrogen (secondary N) is 2. The van der Waals surface area contributed by atoms with Crippen LogP contribution in [0.4, 0.5) is 0 Å². The van der Waals surface area contributed by atoms with Gasteiger partial charge in [0.1, 0.15) is 23.9 Å². The maximum absolute atomic E-state index is 12.8. The van der Waals surface area contributed by atoms with Crippen molar-refractivity contribution in [2.24, 2.45) is 11.7 Å². The standard InChI is InChI=1S/C23H34N4O6/c1-13(2)11-17(24)22(31)27-10-4-5-19(27)21(30)25-14(3)20(29)26-18(23(32)33)12-15-6-8-16(28)9-7-15/h6-9,13-14,17-19,28H,4-5,10-12,24H2,1-3H3,(H,25,30)(H,26,29)(H,32,33). The van der Waals surface area contributed by atoms with Crippen LogP contribution in [0.1, 0.15) is 45.6 Å². The first-order chi connectivity index (χ1) is 15.5. The van der Waals surface area contributed by atoms with Gasteiger partial charge < -0.3 is 31.5 Å². The Morgan fingerprint density at radius 2 is 1.76 bits per heavy atom. The molecule has 0 radical (unpaired) electrons. The second kappa shape index (κ2) is 11.6. The number of aliphatic carboxylic acids is 1. The number of hydrogen-bond donors (Lipinski definition) is 5. The molecule has 0 spiro atoms. The van der Waals surface area contributed by atoms with E-state index in [0.717, 1.165) is 0 Å². The van der Waals surface area contributed by atoms with Gasteiger partial charge >= 0.3 is 5.97 Å². The average Bonchev–Trinajstić information content (AvgIpc) is 3.23. The largest absolute Gasteiger partial charge is 0.508 e. The van der Waals surface area contributed by atoms with Gasteiger partial charge in [-0.25, -0.2) is 4.79 Å². The fourth-order valence-corrected chi connectivity index (χ4v) is 3.86. The highest BCUT2D eigenvalue weighted by atomic mass is 16.4. The molecule has 4 unspecified atom stereocenters. The summed E-state index contributed by atoms with van der Waals surface area (Å²) in [6.07, 6.45) is 1.66. The van der Waals surface area contributed by atoms with Crippen LogP contribution >= 0.6 is 0 Å². The van der Waals surface area contributed by atoms with E-state index in [-0.39, 0.29) is 24.0 Å². The molecule has 1 aliphatic heterocycles. The number of nitrogens with zero attached hydrogens (tertiary/aromatic N) is 1. The van der Waals surface area contributed by atoms with E-state index in [1.807, 2.05) is 13.8 Å². The summed E-state index contributed by atoms with van der Waals surface area (Å²) >= 11 is 0. The van der Waals surface area contributed by atoms with Crippen molar-refractivity contribution in [3.05, 3.63) is 29.8 Å². The lowest BCUT2D eigenvalue weighted by Gasteiger charge is -2.28. The number of aromatic hydroxyl groups is 1. The normalized spacial score (nSPS) is 18.5. The summed E-state index contributed by atoms with van der Waals surface area (Å²) in [7, 11) is 0. The van der Waals surface area contributed by atoms with E-state index < -0.39 is 42.0 Å². The van der Waals surface area contributed by atoms with Crippen LogP contribution in [0.3, 0.4) is 0 Å². The zero-order chi connectivity index (χ0) is 24.7. The molecule has 0 saturated carbocycles. The van der Waals surface area contributed by atoms with E-state index >= 15 is 0 Å². The first kappa shape index (κ1) is 26.1. The SMILES string of the molecule is CC(C)CC(N)C(=O)N1CCCC1C(=O)NC(C)C(=O)NC(Cc1ccc(O)cc1)C(=O)O. The van der Waals surface area contributed by atoms with Crippen LogP contribution < -0.4 is 16.4 Å². The number of carbonyl (C=O) groups is 4. The van der Waals surface area contributed by atoms with Crippen LogP contribution in [0.5, 0.6) is 5.75 Å². The van der Waals surface area contributed by atoms with Gasteiger partial charge in [-0.05, 0) is 49.8 Å². The molecule has 1 heterocycles. The van der Waals surface area contributed by atoms with Crippen molar-refractivity contribution in [2.75, 3.05) is 6.54 Å². The molecule has 1 aromatic rings. The van der Waals surface area contributed by atoms with Gasteiger partial charge in [0.05, 0.1) is 6.04 Å². The Kier molecular flexibility index (Phi) is 9.22. The Bertz CT molecular complexity index is 857. The average molecular weight is 463 g/mol. The van der Waals surface area contributed by atoms with E-state index in [1.54, 1.807) is 12.1 Å². The Balaban J connectivity index is 1.96. The lowest BCUT2D eigenvalue weighted by atomic mass is 10.0. The third-order valence-corrected chi connectivity index (χ3v) is 5.62. The Morgan fingerprint density at radius 3 is 2.33 bits per heavy atom. The van der Waals surface area contributed by atoms with Crippen LogP contribution in [-0.2, 0) is 25.6 Å². The van der Waals surface area contributed by atoms with Crippen molar-refractivity contribution < 1.29 is 29.4 Å².